The highest BCUT2D eigenvalue weighted by Crippen LogP contribution is 2.46. The molecule has 2 N–H and O–H groups in total. The second kappa shape index (κ2) is 9.84. The van der Waals surface area contributed by atoms with Crippen LogP contribution in [0.5, 0.6) is 0 Å². The van der Waals surface area contributed by atoms with Crippen LogP contribution in [0.2, 0.25) is 0 Å². The van der Waals surface area contributed by atoms with Crippen LogP contribution in [-0.2, 0) is 11.2 Å². The third kappa shape index (κ3) is 5.42. The molecule has 1 saturated carbocycles. The van der Waals surface area contributed by atoms with Gasteiger partial charge >= 0.3 is 0 Å². The molecule has 192 valence electrons. The first-order valence-corrected chi connectivity index (χ1v) is 12.5. The Morgan fingerprint density at radius 2 is 2.11 bits per heavy atom. The van der Waals surface area contributed by atoms with Crippen molar-refractivity contribution >= 4 is 5.91 Å². The van der Waals surface area contributed by atoms with E-state index in [1.54, 1.807) is 12.3 Å². The van der Waals surface area contributed by atoms with Gasteiger partial charge in [-0.1, -0.05) is 13.0 Å². The molecule has 1 aliphatic carbocycles. The molecule has 1 amide bonds. The van der Waals surface area contributed by atoms with Crippen molar-refractivity contribution in [3.05, 3.63) is 82.8 Å². The second-order valence-electron chi connectivity index (χ2n) is 10.3. The minimum Gasteiger partial charge on any atom is -0.349 e. The van der Waals surface area contributed by atoms with Crippen LogP contribution >= 0.6 is 0 Å². The molecular formula is C27H31FN8O. The van der Waals surface area contributed by atoms with E-state index in [-0.39, 0.29) is 17.9 Å². The van der Waals surface area contributed by atoms with E-state index in [1.807, 2.05) is 45.9 Å². The van der Waals surface area contributed by atoms with E-state index in [4.69, 9.17) is 4.98 Å². The summed E-state index contributed by atoms with van der Waals surface area (Å²) in [7, 11) is 0. The molecule has 1 fully saturated rings. The van der Waals surface area contributed by atoms with Crippen molar-refractivity contribution in [2.75, 3.05) is 0 Å². The Morgan fingerprint density at radius 1 is 1.27 bits per heavy atom. The molecule has 0 bridgehead atoms. The predicted molar refractivity (Wildman–Crippen MR) is 135 cm³/mol. The lowest BCUT2D eigenvalue weighted by Crippen LogP contribution is -2.38. The van der Waals surface area contributed by atoms with E-state index in [9.17, 15) is 9.18 Å². The number of carbonyl (C=O) groups is 1. The molecule has 4 aromatic rings. The summed E-state index contributed by atoms with van der Waals surface area (Å²) in [4.78, 5) is 27.2. The zero-order chi connectivity index (χ0) is 26.2. The lowest BCUT2D eigenvalue weighted by Gasteiger charge is -2.26. The Kier molecular flexibility index (Phi) is 6.57. The number of aryl methyl sites for hydroxylation is 2. The van der Waals surface area contributed by atoms with Gasteiger partial charge in [0.2, 0.25) is 5.91 Å². The van der Waals surface area contributed by atoms with Crippen molar-refractivity contribution in [1.82, 2.24) is 40.2 Å². The lowest BCUT2D eigenvalue weighted by atomic mass is 9.85. The fraction of sp³-hybridized carbons (Fsp3) is 0.407. The second-order valence-corrected chi connectivity index (χ2v) is 10.3. The maximum atomic E-state index is 13.4. The number of nitrogens with zero attached hydrogens (tertiary/aromatic N) is 6. The summed E-state index contributed by atoms with van der Waals surface area (Å²) in [6.07, 6.45) is 7.07. The number of H-pyrrole nitrogens is 1. The summed E-state index contributed by atoms with van der Waals surface area (Å²) in [5.41, 5.74) is 4.22. The van der Waals surface area contributed by atoms with Gasteiger partial charge in [0.05, 0.1) is 30.6 Å². The zero-order valence-electron chi connectivity index (χ0n) is 21.5. The monoisotopic (exact) mass is 502 g/mol. The molecule has 0 spiro atoms. The summed E-state index contributed by atoms with van der Waals surface area (Å²) in [5.74, 6) is 1.07. The van der Waals surface area contributed by atoms with E-state index in [1.165, 1.54) is 10.9 Å². The van der Waals surface area contributed by atoms with Crippen LogP contribution in [0.4, 0.5) is 4.39 Å². The molecule has 1 aliphatic rings. The molecule has 37 heavy (non-hydrogen) atoms. The average molecular weight is 503 g/mol. The van der Waals surface area contributed by atoms with Gasteiger partial charge in [0, 0.05) is 34.6 Å². The van der Waals surface area contributed by atoms with Crippen LogP contribution in [0.15, 0.2) is 42.9 Å². The Hall–Kier alpha value is -3.95. The van der Waals surface area contributed by atoms with Crippen LogP contribution in [0.3, 0.4) is 0 Å². The molecule has 9 nitrogen and oxygen atoms in total. The molecule has 3 atom stereocenters. The zero-order valence-corrected chi connectivity index (χ0v) is 21.5. The van der Waals surface area contributed by atoms with Crippen molar-refractivity contribution in [2.45, 2.75) is 65.3 Å². The molecule has 0 saturated heterocycles. The largest absolute Gasteiger partial charge is 0.349 e. The highest BCUT2D eigenvalue weighted by atomic mass is 19.1. The molecule has 0 aromatic carbocycles. The Morgan fingerprint density at radius 3 is 2.78 bits per heavy atom. The molecule has 4 aromatic heterocycles. The molecule has 0 aliphatic heterocycles. The summed E-state index contributed by atoms with van der Waals surface area (Å²) >= 11 is 0. The SMILES string of the molecule is Cc1cc([C@@H]2CC[C@](C)(C(=O)N[C@@H](C)c3ccc(-n4cc(F)cn4)nc3)C2)nc(Cc2cc(C)[nH]n2)n1. The van der Waals surface area contributed by atoms with Crippen LogP contribution in [0, 0.1) is 25.1 Å². The topological polar surface area (TPSA) is 114 Å². The number of amides is 1. The number of rotatable bonds is 7. The quantitative estimate of drug-likeness (QED) is 0.390. The van der Waals surface area contributed by atoms with E-state index < -0.39 is 11.2 Å². The van der Waals surface area contributed by atoms with Crippen LogP contribution in [-0.4, -0.2) is 40.8 Å². The third-order valence-electron chi connectivity index (χ3n) is 7.13. The summed E-state index contributed by atoms with van der Waals surface area (Å²) < 4.78 is 14.6. The van der Waals surface area contributed by atoms with Gasteiger partial charge in [-0.25, -0.2) is 24.0 Å². The minimum atomic E-state index is -0.489. The molecule has 0 radical (unpaired) electrons. The van der Waals surface area contributed by atoms with E-state index >= 15 is 0 Å². The Labute approximate surface area is 215 Å². The van der Waals surface area contributed by atoms with Gasteiger partial charge in [-0.15, -0.1) is 0 Å². The van der Waals surface area contributed by atoms with Gasteiger partial charge in [0.15, 0.2) is 11.6 Å². The number of hydrogen-bond acceptors (Lipinski definition) is 6. The van der Waals surface area contributed by atoms with Gasteiger partial charge in [0.25, 0.3) is 0 Å². The highest BCUT2D eigenvalue weighted by molar-refractivity contribution is 5.83. The Balaban J connectivity index is 1.23. The smallest absolute Gasteiger partial charge is 0.226 e. The van der Waals surface area contributed by atoms with Crippen LogP contribution in [0.25, 0.3) is 5.82 Å². The van der Waals surface area contributed by atoms with Gasteiger partial charge in [0.1, 0.15) is 5.82 Å². The predicted octanol–water partition coefficient (Wildman–Crippen LogP) is 4.28. The van der Waals surface area contributed by atoms with Crippen molar-refractivity contribution in [3.8, 4) is 5.82 Å². The van der Waals surface area contributed by atoms with Crippen molar-refractivity contribution in [1.29, 1.82) is 0 Å². The minimum absolute atomic E-state index is 0.0266. The molecular weight excluding hydrogens is 471 g/mol. The van der Waals surface area contributed by atoms with E-state index in [0.717, 1.165) is 59.6 Å². The van der Waals surface area contributed by atoms with E-state index in [2.05, 4.69) is 30.6 Å². The fourth-order valence-corrected chi connectivity index (χ4v) is 5.04. The molecule has 5 rings (SSSR count). The van der Waals surface area contributed by atoms with Gasteiger partial charge < -0.3 is 5.32 Å². The molecule has 0 unspecified atom stereocenters. The van der Waals surface area contributed by atoms with Crippen LogP contribution in [0.1, 0.15) is 79.2 Å². The molecule has 4 heterocycles. The number of halogens is 1. The molecule has 10 heteroatoms. The lowest BCUT2D eigenvalue weighted by molar-refractivity contribution is -0.130. The van der Waals surface area contributed by atoms with Crippen LogP contribution < -0.4 is 5.32 Å². The maximum absolute atomic E-state index is 13.4. The summed E-state index contributed by atoms with van der Waals surface area (Å²) in [5, 5.41) is 14.4. The normalized spacial score (nSPS) is 20.2. The number of hydrogen-bond donors (Lipinski definition) is 2. The van der Waals surface area contributed by atoms with Gasteiger partial charge in [-0.2, -0.15) is 10.2 Å². The highest BCUT2D eigenvalue weighted by Gasteiger charge is 2.42. The van der Waals surface area contributed by atoms with Gasteiger partial charge in [-0.3, -0.25) is 9.89 Å². The van der Waals surface area contributed by atoms with Crippen molar-refractivity contribution in [3.63, 3.8) is 0 Å². The van der Waals surface area contributed by atoms with Crippen molar-refractivity contribution < 1.29 is 9.18 Å². The van der Waals surface area contributed by atoms with Gasteiger partial charge in [-0.05, 0) is 63.8 Å². The average Bonchev–Trinajstić information content (AvgIpc) is 3.59. The number of carbonyl (C=O) groups excluding carboxylic acids is 1. The van der Waals surface area contributed by atoms with Crippen molar-refractivity contribution in [2.24, 2.45) is 5.41 Å². The number of aromatic nitrogens is 7. The number of nitrogens with one attached hydrogen (secondary N) is 2. The first kappa shape index (κ1) is 24.7. The summed E-state index contributed by atoms with van der Waals surface area (Å²) in [6.45, 7) is 7.92. The fourth-order valence-electron chi connectivity index (χ4n) is 5.04. The van der Waals surface area contributed by atoms with E-state index in [0.29, 0.717) is 12.2 Å². The maximum Gasteiger partial charge on any atom is 0.226 e. The number of aromatic amines is 1. The first-order chi connectivity index (χ1) is 17.7. The number of pyridine rings is 1. The third-order valence-corrected chi connectivity index (χ3v) is 7.13. The Bertz CT molecular complexity index is 1410. The summed E-state index contributed by atoms with van der Waals surface area (Å²) in [6, 6.07) is 7.46. The first-order valence-electron chi connectivity index (χ1n) is 12.5. The standard InChI is InChI=1S/C27H31FN8O/c1-16-10-23(33-24(31-16)11-22-9-17(2)34-35-22)19-7-8-27(4,12-19)26(37)32-18(3)20-5-6-25(29-13-20)36-15-21(28)14-30-36/h5-6,9-10,13-15,18-19H,7-8,11-12H2,1-4H3,(H,32,37)(H,34,35)/t18-,19+,27-/m0/s1.